The number of hydrogen-bond acceptors (Lipinski definition) is 2. The topological polar surface area (TPSA) is 61.1 Å². The number of aliphatic carboxylic acids is 1. The van der Waals surface area contributed by atoms with E-state index < -0.39 is 12.1 Å². The molecule has 4 heteroatoms. The lowest BCUT2D eigenvalue weighted by Gasteiger charge is -1.95. The van der Waals surface area contributed by atoms with Gasteiger partial charge in [-0.2, -0.15) is 5.26 Å². The van der Waals surface area contributed by atoms with Crippen LogP contribution in [0.25, 0.3) is 0 Å². The minimum Gasteiger partial charge on any atom is -0.479 e. The van der Waals surface area contributed by atoms with Crippen molar-refractivity contribution < 1.29 is 14.3 Å². The van der Waals surface area contributed by atoms with Crippen LogP contribution in [-0.4, -0.2) is 17.2 Å². The van der Waals surface area contributed by atoms with Gasteiger partial charge in [-0.3, -0.25) is 0 Å². The first-order valence-electron chi connectivity index (χ1n) is 2.42. The van der Waals surface area contributed by atoms with E-state index in [1.807, 2.05) is 0 Å². The summed E-state index contributed by atoms with van der Waals surface area (Å²) in [5.74, 6) is -1.50. The second-order valence-electron chi connectivity index (χ2n) is 1.50. The summed E-state index contributed by atoms with van der Waals surface area (Å²) in [5, 5.41) is 15.8. The molecule has 0 radical (unpaired) electrons. The molecular weight excluding hydrogens is 125 g/mol. The molecule has 1 atom stereocenters. The molecule has 0 rings (SSSR count). The number of carbonyl (C=O) groups is 1. The Balaban J connectivity index is 3.41. The largest absolute Gasteiger partial charge is 0.479 e. The lowest BCUT2D eigenvalue weighted by Crippen LogP contribution is -2.13. The first kappa shape index (κ1) is 7.89. The van der Waals surface area contributed by atoms with Gasteiger partial charge in [0.15, 0.2) is 6.17 Å². The molecule has 0 aromatic heterocycles. The summed E-state index contributed by atoms with van der Waals surface area (Å²) in [5.41, 5.74) is 0. The fraction of sp³-hybridized carbons (Fsp3) is 0.600. The van der Waals surface area contributed by atoms with Crippen molar-refractivity contribution >= 4 is 5.97 Å². The van der Waals surface area contributed by atoms with Gasteiger partial charge in [-0.25, -0.2) is 9.18 Å². The molecule has 1 N–H and O–H groups in total. The highest BCUT2D eigenvalue weighted by atomic mass is 19.1. The van der Waals surface area contributed by atoms with Gasteiger partial charge in [-0.05, 0) is 0 Å². The van der Waals surface area contributed by atoms with Crippen molar-refractivity contribution in [2.24, 2.45) is 0 Å². The molecule has 0 spiro atoms. The minimum absolute atomic E-state index is 0.0481. The molecule has 0 saturated heterocycles. The van der Waals surface area contributed by atoms with Crippen LogP contribution >= 0.6 is 0 Å². The molecule has 9 heavy (non-hydrogen) atoms. The Hall–Kier alpha value is -1.11. The first-order valence-corrected chi connectivity index (χ1v) is 2.42. The SMILES string of the molecule is N#CCCC(F)C(=O)O. The Morgan fingerprint density at radius 2 is 2.44 bits per heavy atom. The number of halogens is 1. The highest BCUT2D eigenvalue weighted by Gasteiger charge is 2.13. The Morgan fingerprint density at radius 1 is 1.89 bits per heavy atom. The Labute approximate surface area is 51.7 Å². The Bertz CT molecular complexity index is 140. The summed E-state index contributed by atoms with van der Waals surface area (Å²) in [6, 6.07) is 1.65. The summed E-state index contributed by atoms with van der Waals surface area (Å²) >= 11 is 0. The third-order valence-electron chi connectivity index (χ3n) is 0.778. The van der Waals surface area contributed by atoms with Gasteiger partial charge >= 0.3 is 5.97 Å². The van der Waals surface area contributed by atoms with E-state index in [0.717, 1.165) is 0 Å². The van der Waals surface area contributed by atoms with Crippen molar-refractivity contribution in [1.82, 2.24) is 0 Å². The van der Waals surface area contributed by atoms with Gasteiger partial charge < -0.3 is 5.11 Å². The molecule has 1 unspecified atom stereocenters. The number of nitriles is 1. The van der Waals surface area contributed by atoms with Gasteiger partial charge in [0.25, 0.3) is 0 Å². The molecular formula is C5H6FNO2. The van der Waals surface area contributed by atoms with Crippen molar-refractivity contribution in [3.63, 3.8) is 0 Å². The molecule has 0 bridgehead atoms. The Kier molecular flexibility index (Phi) is 3.37. The van der Waals surface area contributed by atoms with Crippen LogP contribution in [0, 0.1) is 11.3 Å². The first-order chi connectivity index (χ1) is 4.18. The second kappa shape index (κ2) is 3.84. The molecule has 0 saturated carbocycles. The van der Waals surface area contributed by atoms with Crippen molar-refractivity contribution in [3.05, 3.63) is 0 Å². The van der Waals surface area contributed by atoms with Gasteiger partial charge in [0.2, 0.25) is 0 Å². The maximum Gasteiger partial charge on any atom is 0.338 e. The standard InChI is InChI=1S/C5H6FNO2/c6-4(5(8)9)2-1-3-7/h4H,1-2H2,(H,8,9). The fourth-order valence-electron chi connectivity index (χ4n) is 0.315. The van der Waals surface area contributed by atoms with Crippen LogP contribution in [-0.2, 0) is 4.79 Å². The smallest absolute Gasteiger partial charge is 0.338 e. The summed E-state index contributed by atoms with van der Waals surface area (Å²) in [6.45, 7) is 0. The van der Waals surface area contributed by atoms with Crippen LogP contribution in [0.5, 0.6) is 0 Å². The van der Waals surface area contributed by atoms with E-state index in [4.69, 9.17) is 10.4 Å². The molecule has 0 aliphatic carbocycles. The monoisotopic (exact) mass is 131 g/mol. The molecule has 0 amide bonds. The average molecular weight is 131 g/mol. The quantitative estimate of drug-likeness (QED) is 0.613. The fourth-order valence-corrected chi connectivity index (χ4v) is 0.315. The van der Waals surface area contributed by atoms with Crippen LogP contribution in [0.2, 0.25) is 0 Å². The molecule has 3 nitrogen and oxygen atoms in total. The van der Waals surface area contributed by atoms with E-state index in [2.05, 4.69) is 0 Å². The zero-order valence-corrected chi connectivity index (χ0v) is 4.67. The van der Waals surface area contributed by atoms with Gasteiger partial charge in [0, 0.05) is 12.8 Å². The molecule has 0 aliphatic rings. The number of rotatable bonds is 3. The van der Waals surface area contributed by atoms with E-state index in [-0.39, 0.29) is 12.8 Å². The van der Waals surface area contributed by atoms with Crippen LogP contribution in [0.4, 0.5) is 4.39 Å². The Morgan fingerprint density at radius 3 is 2.78 bits per heavy atom. The van der Waals surface area contributed by atoms with Crippen LogP contribution in [0.15, 0.2) is 0 Å². The number of hydrogen-bond donors (Lipinski definition) is 1. The van der Waals surface area contributed by atoms with Gasteiger partial charge in [-0.1, -0.05) is 0 Å². The third kappa shape index (κ3) is 3.47. The predicted molar refractivity (Wildman–Crippen MR) is 27.4 cm³/mol. The second-order valence-corrected chi connectivity index (χ2v) is 1.50. The average Bonchev–Trinajstić information content (AvgIpc) is 1.82. The molecule has 0 heterocycles. The van der Waals surface area contributed by atoms with Gasteiger partial charge in [0.1, 0.15) is 0 Å². The van der Waals surface area contributed by atoms with E-state index >= 15 is 0 Å². The third-order valence-corrected chi connectivity index (χ3v) is 0.778. The highest BCUT2D eigenvalue weighted by Crippen LogP contribution is 1.99. The molecule has 0 fully saturated rings. The summed E-state index contributed by atoms with van der Waals surface area (Å²) < 4.78 is 12.0. The number of alkyl halides is 1. The van der Waals surface area contributed by atoms with E-state index in [9.17, 15) is 9.18 Å². The zero-order chi connectivity index (χ0) is 7.28. The van der Waals surface area contributed by atoms with E-state index in [0.29, 0.717) is 0 Å². The van der Waals surface area contributed by atoms with Crippen molar-refractivity contribution in [1.29, 1.82) is 5.26 Å². The lowest BCUT2D eigenvalue weighted by atomic mass is 10.2. The molecule has 0 aromatic carbocycles. The lowest BCUT2D eigenvalue weighted by molar-refractivity contribution is -0.142. The van der Waals surface area contributed by atoms with E-state index in [1.54, 1.807) is 6.07 Å². The van der Waals surface area contributed by atoms with Crippen molar-refractivity contribution in [3.8, 4) is 6.07 Å². The molecule has 0 aliphatic heterocycles. The normalized spacial score (nSPS) is 12.0. The van der Waals surface area contributed by atoms with Gasteiger partial charge in [-0.15, -0.1) is 0 Å². The summed E-state index contributed by atoms with van der Waals surface area (Å²) in [4.78, 5) is 9.72. The highest BCUT2D eigenvalue weighted by molar-refractivity contribution is 5.71. The summed E-state index contributed by atoms with van der Waals surface area (Å²) in [7, 11) is 0. The molecule has 50 valence electrons. The predicted octanol–water partition coefficient (Wildman–Crippen LogP) is 0.713. The van der Waals surface area contributed by atoms with Crippen LogP contribution in [0.1, 0.15) is 12.8 Å². The maximum atomic E-state index is 12.0. The van der Waals surface area contributed by atoms with Crippen LogP contribution in [0.3, 0.4) is 0 Å². The van der Waals surface area contributed by atoms with Crippen molar-refractivity contribution in [2.45, 2.75) is 19.0 Å². The maximum absolute atomic E-state index is 12.0. The number of nitrogens with zero attached hydrogens (tertiary/aromatic N) is 1. The number of carboxylic acid groups (broad SMARTS) is 1. The summed E-state index contributed by atoms with van der Waals surface area (Å²) in [6.07, 6.45) is -2.15. The number of carboxylic acids is 1. The van der Waals surface area contributed by atoms with Crippen LogP contribution < -0.4 is 0 Å². The molecule has 0 aromatic rings. The van der Waals surface area contributed by atoms with Gasteiger partial charge in [0.05, 0.1) is 6.07 Å². The minimum atomic E-state index is -1.88. The van der Waals surface area contributed by atoms with Crippen molar-refractivity contribution in [2.75, 3.05) is 0 Å². The van der Waals surface area contributed by atoms with E-state index in [1.165, 1.54) is 0 Å². The zero-order valence-electron chi connectivity index (χ0n) is 4.67.